The van der Waals surface area contributed by atoms with Crippen LogP contribution in [-0.2, 0) is 0 Å². The van der Waals surface area contributed by atoms with Gasteiger partial charge in [-0.15, -0.1) is 20.4 Å². The Hall–Kier alpha value is -2.63. The normalized spacial score (nSPS) is 10.4. The number of tetrazole rings is 1. The molecule has 6 nitrogen and oxygen atoms in total. The predicted octanol–water partition coefficient (Wildman–Crippen LogP) is 1.12. The van der Waals surface area contributed by atoms with E-state index in [9.17, 15) is 0 Å². The first-order valence-corrected chi connectivity index (χ1v) is 4.97. The zero-order valence-corrected chi connectivity index (χ0v) is 8.70. The van der Waals surface area contributed by atoms with E-state index in [1.807, 2.05) is 30.3 Å². The molecular formula is C11H7N6. The third kappa shape index (κ3) is 1.87. The van der Waals surface area contributed by atoms with Crippen molar-refractivity contribution in [2.24, 2.45) is 0 Å². The molecule has 1 aromatic carbocycles. The molecule has 0 saturated heterocycles. The molecule has 1 radical (unpaired) electrons. The topological polar surface area (TPSA) is 80.2 Å². The van der Waals surface area contributed by atoms with Crippen molar-refractivity contribution in [2.75, 3.05) is 0 Å². The Bertz CT molecular complexity index is 605. The highest BCUT2D eigenvalue weighted by Gasteiger charge is 2.05. The fourth-order valence-corrected chi connectivity index (χ4v) is 1.52. The molecule has 0 atom stereocenters. The van der Waals surface area contributed by atoms with Crippen LogP contribution in [0.1, 0.15) is 0 Å². The average Bonchev–Trinajstić information content (AvgIpc) is 2.94. The van der Waals surface area contributed by atoms with Gasteiger partial charge in [-0.25, -0.2) is 0 Å². The van der Waals surface area contributed by atoms with Crippen LogP contribution in [0.5, 0.6) is 0 Å². The maximum atomic E-state index is 4.00. The molecule has 0 spiro atoms. The highest BCUT2D eigenvalue weighted by molar-refractivity contribution is 5.67. The average molecular weight is 223 g/mol. The molecule has 0 unspecified atom stereocenters. The Morgan fingerprint density at radius 3 is 2.76 bits per heavy atom. The van der Waals surface area contributed by atoms with Crippen LogP contribution in [0.4, 0.5) is 0 Å². The van der Waals surface area contributed by atoms with Gasteiger partial charge in [-0.05, 0) is 23.4 Å². The second-order valence-electron chi connectivity index (χ2n) is 3.36. The first kappa shape index (κ1) is 9.59. The molecule has 3 rings (SSSR count). The number of nitrogens with one attached hydrogen (secondary N) is 1. The van der Waals surface area contributed by atoms with Crippen LogP contribution >= 0.6 is 0 Å². The highest BCUT2D eigenvalue weighted by Crippen LogP contribution is 2.21. The summed E-state index contributed by atoms with van der Waals surface area (Å²) < 4.78 is 0. The number of rotatable bonds is 2. The van der Waals surface area contributed by atoms with E-state index in [-0.39, 0.29) is 0 Å². The monoisotopic (exact) mass is 223 g/mol. The third-order valence-corrected chi connectivity index (χ3v) is 2.29. The smallest absolute Gasteiger partial charge is 0.177 e. The molecule has 1 N–H and O–H groups in total. The molecule has 17 heavy (non-hydrogen) atoms. The minimum atomic E-state index is 0.558. The van der Waals surface area contributed by atoms with Gasteiger partial charge in [0.2, 0.25) is 5.82 Å². The number of hydrogen-bond acceptors (Lipinski definition) is 5. The van der Waals surface area contributed by atoms with Gasteiger partial charge in [0.25, 0.3) is 0 Å². The lowest BCUT2D eigenvalue weighted by atomic mass is 10.1. The summed E-state index contributed by atoms with van der Waals surface area (Å²) in [6, 6.07) is 11.3. The van der Waals surface area contributed by atoms with Gasteiger partial charge in [0.15, 0.2) is 0 Å². The fraction of sp³-hybridized carbons (Fsp3) is 0. The van der Waals surface area contributed by atoms with E-state index in [2.05, 4.69) is 37.0 Å². The van der Waals surface area contributed by atoms with E-state index in [0.717, 1.165) is 16.8 Å². The van der Waals surface area contributed by atoms with Crippen LogP contribution in [0.2, 0.25) is 0 Å². The van der Waals surface area contributed by atoms with Crippen LogP contribution in [0, 0.1) is 6.20 Å². The molecule has 0 aliphatic carbocycles. The Labute approximate surface area is 96.7 Å². The summed E-state index contributed by atoms with van der Waals surface area (Å²) >= 11 is 0. The summed E-state index contributed by atoms with van der Waals surface area (Å²) in [5, 5.41) is 21.5. The molecule has 6 heteroatoms. The molecule has 0 bridgehead atoms. The zero-order chi connectivity index (χ0) is 11.5. The minimum Gasteiger partial charge on any atom is -0.177 e. The van der Waals surface area contributed by atoms with E-state index in [1.165, 1.54) is 0 Å². The van der Waals surface area contributed by atoms with Gasteiger partial charge in [0.1, 0.15) is 6.20 Å². The maximum Gasteiger partial charge on any atom is 0.204 e. The van der Waals surface area contributed by atoms with E-state index < -0.39 is 0 Å². The zero-order valence-electron chi connectivity index (χ0n) is 8.70. The Balaban J connectivity index is 2.06. The quantitative estimate of drug-likeness (QED) is 0.704. The van der Waals surface area contributed by atoms with Gasteiger partial charge < -0.3 is 0 Å². The minimum absolute atomic E-state index is 0.558. The van der Waals surface area contributed by atoms with Crippen molar-refractivity contribution in [3.63, 3.8) is 0 Å². The Kier molecular flexibility index (Phi) is 2.31. The first-order valence-electron chi connectivity index (χ1n) is 4.97. The summed E-state index contributed by atoms with van der Waals surface area (Å²) in [7, 11) is 0. The van der Waals surface area contributed by atoms with Crippen molar-refractivity contribution in [1.82, 2.24) is 30.8 Å². The summed E-state index contributed by atoms with van der Waals surface area (Å²) in [5.74, 6) is 0.558. The molecular weight excluding hydrogens is 216 g/mol. The van der Waals surface area contributed by atoms with E-state index in [4.69, 9.17) is 0 Å². The molecule has 2 aromatic heterocycles. The second-order valence-corrected chi connectivity index (χ2v) is 3.36. The van der Waals surface area contributed by atoms with Crippen LogP contribution in [0.25, 0.3) is 22.6 Å². The van der Waals surface area contributed by atoms with Gasteiger partial charge in [0, 0.05) is 11.1 Å². The predicted molar refractivity (Wildman–Crippen MR) is 59.5 cm³/mol. The first-order chi connectivity index (χ1) is 8.43. The van der Waals surface area contributed by atoms with Crippen molar-refractivity contribution in [2.45, 2.75) is 0 Å². The molecule has 81 valence electrons. The lowest BCUT2D eigenvalue weighted by Crippen LogP contribution is -1.87. The maximum absolute atomic E-state index is 4.00. The third-order valence-electron chi connectivity index (χ3n) is 2.29. The number of aromatic amines is 1. The summed E-state index contributed by atoms with van der Waals surface area (Å²) in [5.41, 5.74) is 2.62. The fourth-order valence-electron chi connectivity index (χ4n) is 1.52. The van der Waals surface area contributed by atoms with Crippen molar-refractivity contribution < 1.29 is 0 Å². The van der Waals surface area contributed by atoms with Crippen LogP contribution < -0.4 is 0 Å². The number of H-pyrrole nitrogens is 1. The van der Waals surface area contributed by atoms with Crippen LogP contribution in [-0.4, -0.2) is 30.8 Å². The number of nitrogens with zero attached hydrogens (tertiary/aromatic N) is 5. The van der Waals surface area contributed by atoms with Crippen molar-refractivity contribution in [1.29, 1.82) is 0 Å². The molecule has 0 aliphatic heterocycles. The summed E-state index contributed by atoms with van der Waals surface area (Å²) in [6.07, 6.45) is 2.64. The lowest BCUT2D eigenvalue weighted by Gasteiger charge is -2.00. The van der Waals surface area contributed by atoms with Gasteiger partial charge >= 0.3 is 0 Å². The molecule has 0 fully saturated rings. The Morgan fingerprint density at radius 1 is 1.06 bits per heavy atom. The molecule has 0 aliphatic rings. The molecule has 2 heterocycles. The number of aromatic nitrogens is 6. The SMILES string of the molecule is [c]1ccc(-c2cccc(-c3nn[nH]n3)c2)nn1. The summed E-state index contributed by atoms with van der Waals surface area (Å²) in [4.78, 5) is 0. The number of hydrogen-bond donors (Lipinski definition) is 1. The van der Waals surface area contributed by atoms with E-state index in [1.54, 1.807) is 6.07 Å². The van der Waals surface area contributed by atoms with E-state index >= 15 is 0 Å². The second kappa shape index (κ2) is 4.09. The molecule has 0 amide bonds. The van der Waals surface area contributed by atoms with Crippen molar-refractivity contribution >= 4 is 0 Å². The highest BCUT2D eigenvalue weighted by atomic mass is 15.5. The van der Waals surface area contributed by atoms with E-state index in [0.29, 0.717) is 5.82 Å². The lowest BCUT2D eigenvalue weighted by molar-refractivity contribution is 0.881. The number of benzene rings is 1. The van der Waals surface area contributed by atoms with Crippen LogP contribution in [0.15, 0.2) is 36.4 Å². The standard InChI is InChI=1S/C11H7N6/c1-3-8(10-5-2-6-12-13-10)7-9(4-1)11-14-16-17-15-11/h1-5,7H,(H,14,15,16,17). The molecule has 3 aromatic rings. The largest absolute Gasteiger partial charge is 0.204 e. The Morgan fingerprint density at radius 2 is 2.00 bits per heavy atom. The van der Waals surface area contributed by atoms with Crippen molar-refractivity contribution in [3.05, 3.63) is 42.6 Å². The van der Waals surface area contributed by atoms with Gasteiger partial charge in [-0.1, -0.05) is 18.2 Å². The van der Waals surface area contributed by atoms with Gasteiger partial charge in [-0.2, -0.15) is 5.21 Å². The summed E-state index contributed by atoms with van der Waals surface area (Å²) in [6.45, 7) is 0. The molecule has 0 saturated carbocycles. The van der Waals surface area contributed by atoms with Gasteiger partial charge in [-0.3, -0.25) is 0 Å². The van der Waals surface area contributed by atoms with Gasteiger partial charge in [0.05, 0.1) is 5.69 Å². The van der Waals surface area contributed by atoms with Crippen molar-refractivity contribution in [3.8, 4) is 22.6 Å². The van der Waals surface area contributed by atoms with Crippen LogP contribution in [0.3, 0.4) is 0 Å².